The van der Waals surface area contributed by atoms with E-state index in [4.69, 9.17) is 0 Å². The molecular weight excluding hydrogens is 247 g/mol. The molecule has 0 unspecified atom stereocenters. The molecule has 104 valence electrons. The Kier molecular flexibility index (Phi) is 4.50. The quantitative estimate of drug-likeness (QED) is 0.885. The van der Waals surface area contributed by atoms with E-state index in [0.717, 1.165) is 31.7 Å². The molecule has 0 amide bonds. The van der Waals surface area contributed by atoms with Gasteiger partial charge >= 0.3 is 5.97 Å². The van der Waals surface area contributed by atoms with Crippen molar-refractivity contribution in [2.24, 2.45) is 0 Å². The molecule has 0 aliphatic carbocycles. The molecule has 0 aromatic heterocycles. The van der Waals surface area contributed by atoms with Gasteiger partial charge in [-0.3, -0.25) is 9.69 Å². The maximum absolute atomic E-state index is 12.8. The minimum Gasteiger partial charge on any atom is -0.480 e. The average Bonchev–Trinajstić information content (AvgIpc) is 2.39. The molecule has 0 bridgehead atoms. The van der Waals surface area contributed by atoms with E-state index < -0.39 is 12.0 Å². The van der Waals surface area contributed by atoms with Gasteiger partial charge in [0.05, 0.1) is 0 Å². The fourth-order valence-corrected chi connectivity index (χ4v) is 2.35. The largest absolute Gasteiger partial charge is 0.480 e. The number of rotatable bonds is 4. The van der Waals surface area contributed by atoms with Crippen LogP contribution in [0, 0.1) is 5.82 Å². The minimum absolute atomic E-state index is 0.296. The van der Waals surface area contributed by atoms with E-state index in [-0.39, 0.29) is 5.82 Å². The van der Waals surface area contributed by atoms with Crippen LogP contribution in [0.5, 0.6) is 0 Å². The summed E-state index contributed by atoms with van der Waals surface area (Å²) in [7, 11) is 2.03. The molecule has 1 aliphatic rings. The Balaban J connectivity index is 2.04. The first-order valence-electron chi connectivity index (χ1n) is 6.46. The molecule has 1 fully saturated rings. The Morgan fingerprint density at radius 3 is 2.37 bits per heavy atom. The fourth-order valence-electron chi connectivity index (χ4n) is 2.35. The van der Waals surface area contributed by atoms with E-state index in [1.807, 2.05) is 11.9 Å². The van der Waals surface area contributed by atoms with Gasteiger partial charge in [0, 0.05) is 26.2 Å². The summed E-state index contributed by atoms with van der Waals surface area (Å²) in [6, 6.07) is 5.53. The van der Waals surface area contributed by atoms with Gasteiger partial charge in [-0.25, -0.2) is 4.39 Å². The standard InChI is InChI=1S/C14H19FN2O2/c1-16-6-8-17(9-7-16)13(14(18)19)10-11-2-4-12(15)5-3-11/h2-5,13H,6-10H2,1H3,(H,18,19)/t13-/m0/s1. The van der Waals surface area contributed by atoms with Crippen molar-refractivity contribution in [2.45, 2.75) is 12.5 Å². The lowest BCUT2D eigenvalue weighted by atomic mass is 10.0. The first-order chi connectivity index (χ1) is 9.06. The predicted octanol–water partition coefficient (Wildman–Crippen LogP) is 1.07. The van der Waals surface area contributed by atoms with Crippen LogP contribution in [-0.2, 0) is 11.2 Å². The maximum atomic E-state index is 12.8. The summed E-state index contributed by atoms with van der Waals surface area (Å²) in [4.78, 5) is 15.6. The number of hydrogen-bond donors (Lipinski definition) is 1. The second-order valence-electron chi connectivity index (χ2n) is 5.02. The summed E-state index contributed by atoms with van der Waals surface area (Å²) in [6.07, 6.45) is 0.416. The van der Waals surface area contributed by atoms with Crippen molar-refractivity contribution in [2.75, 3.05) is 33.2 Å². The number of piperazine rings is 1. The lowest BCUT2D eigenvalue weighted by Crippen LogP contribution is -2.52. The van der Waals surface area contributed by atoms with Crippen molar-refractivity contribution in [3.05, 3.63) is 35.6 Å². The summed E-state index contributed by atoms with van der Waals surface area (Å²) in [5.74, 6) is -1.11. The van der Waals surface area contributed by atoms with Crippen molar-refractivity contribution in [1.82, 2.24) is 9.80 Å². The zero-order valence-electron chi connectivity index (χ0n) is 11.1. The molecule has 1 saturated heterocycles. The second kappa shape index (κ2) is 6.12. The van der Waals surface area contributed by atoms with Crippen molar-refractivity contribution < 1.29 is 14.3 Å². The molecular formula is C14H19FN2O2. The number of benzene rings is 1. The summed E-state index contributed by atoms with van der Waals surface area (Å²) in [5.41, 5.74) is 0.854. The number of carboxylic acid groups (broad SMARTS) is 1. The molecule has 1 aromatic rings. The van der Waals surface area contributed by atoms with Gasteiger partial charge in [-0.15, -0.1) is 0 Å². The summed E-state index contributed by atoms with van der Waals surface area (Å²) in [5, 5.41) is 9.38. The number of carbonyl (C=O) groups is 1. The lowest BCUT2D eigenvalue weighted by molar-refractivity contribution is -0.144. The summed E-state index contributed by atoms with van der Waals surface area (Å²) >= 11 is 0. The van der Waals surface area contributed by atoms with E-state index in [2.05, 4.69) is 4.90 Å². The Morgan fingerprint density at radius 2 is 1.84 bits per heavy atom. The molecule has 19 heavy (non-hydrogen) atoms. The molecule has 5 heteroatoms. The monoisotopic (exact) mass is 266 g/mol. The normalized spacial score (nSPS) is 19.3. The molecule has 0 saturated carbocycles. The van der Waals surface area contributed by atoms with Crippen LogP contribution in [-0.4, -0.2) is 60.1 Å². The van der Waals surface area contributed by atoms with Gasteiger partial charge in [0.25, 0.3) is 0 Å². The molecule has 0 spiro atoms. The first kappa shape index (κ1) is 14.0. The number of carboxylic acids is 1. The number of nitrogens with zero attached hydrogens (tertiary/aromatic N) is 2. The molecule has 0 radical (unpaired) electrons. The Hall–Kier alpha value is -1.46. The van der Waals surface area contributed by atoms with Crippen LogP contribution in [0.25, 0.3) is 0 Å². The molecule has 1 heterocycles. The Morgan fingerprint density at radius 1 is 1.26 bits per heavy atom. The molecule has 2 rings (SSSR count). The highest BCUT2D eigenvalue weighted by molar-refractivity contribution is 5.74. The highest BCUT2D eigenvalue weighted by Gasteiger charge is 2.28. The van der Waals surface area contributed by atoms with Gasteiger partial charge in [0.2, 0.25) is 0 Å². The van der Waals surface area contributed by atoms with Gasteiger partial charge in [-0.1, -0.05) is 12.1 Å². The van der Waals surface area contributed by atoms with Crippen LogP contribution in [0.4, 0.5) is 4.39 Å². The van der Waals surface area contributed by atoms with Crippen LogP contribution in [0.3, 0.4) is 0 Å². The van der Waals surface area contributed by atoms with Crippen molar-refractivity contribution >= 4 is 5.97 Å². The summed E-state index contributed by atoms with van der Waals surface area (Å²) in [6.45, 7) is 3.28. The number of halogens is 1. The summed E-state index contributed by atoms with van der Waals surface area (Å²) < 4.78 is 12.8. The van der Waals surface area contributed by atoms with E-state index in [1.165, 1.54) is 12.1 Å². The third-order valence-electron chi connectivity index (χ3n) is 3.61. The predicted molar refractivity (Wildman–Crippen MR) is 70.6 cm³/mol. The molecule has 1 N–H and O–H groups in total. The fraction of sp³-hybridized carbons (Fsp3) is 0.500. The average molecular weight is 266 g/mol. The van der Waals surface area contributed by atoms with Gasteiger partial charge in [0.1, 0.15) is 11.9 Å². The van der Waals surface area contributed by atoms with Gasteiger partial charge in [-0.2, -0.15) is 0 Å². The van der Waals surface area contributed by atoms with E-state index >= 15 is 0 Å². The van der Waals surface area contributed by atoms with Crippen LogP contribution < -0.4 is 0 Å². The van der Waals surface area contributed by atoms with Crippen molar-refractivity contribution in [3.8, 4) is 0 Å². The van der Waals surface area contributed by atoms with E-state index in [0.29, 0.717) is 6.42 Å². The molecule has 4 nitrogen and oxygen atoms in total. The first-order valence-corrected chi connectivity index (χ1v) is 6.46. The van der Waals surface area contributed by atoms with Crippen LogP contribution in [0.15, 0.2) is 24.3 Å². The van der Waals surface area contributed by atoms with E-state index in [9.17, 15) is 14.3 Å². The van der Waals surface area contributed by atoms with Crippen molar-refractivity contribution in [3.63, 3.8) is 0 Å². The highest BCUT2D eigenvalue weighted by Crippen LogP contribution is 2.13. The Labute approximate surface area is 112 Å². The second-order valence-corrected chi connectivity index (χ2v) is 5.02. The van der Waals surface area contributed by atoms with Crippen LogP contribution >= 0.6 is 0 Å². The third-order valence-corrected chi connectivity index (χ3v) is 3.61. The minimum atomic E-state index is -0.811. The smallest absolute Gasteiger partial charge is 0.321 e. The van der Waals surface area contributed by atoms with Crippen LogP contribution in [0.1, 0.15) is 5.56 Å². The number of hydrogen-bond acceptors (Lipinski definition) is 3. The maximum Gasteiger partial charge on any atom is 0.321 e. The van der Waals surface area contributed by atoms with Crippen LogP contribution in [0.2, 0.25) is 0 Å². The highest BCUT2D eigenvalue weighted by atomic mass is 19.1. The topological polar surface area (TPSA) is 43.8 Å². The van der Waals surface area contributed by atoms with Gasteiger partial charge < -0.3 is 10.0 Å². The number of aliphatic carboxylic acids is 1. The molecule has 1 aliphatic heterocycles. The zero-order chi connectivity index (χ0) is 13.8. The third kappa shape index (κ3) is 3.75. The molecule has 1 atom stereocenters. The van der Waals surface area contributed by atoms with Gasteiger partial charge in [0.15, 0.2) is 0 Å². The van der Waals surface area contributed by atoms with Crippen molar-refractivity contribution in [1.29, 1.82) is 0 Å². The SMILES string of the molecule is CN1CCN([C@@H](Cc2ccc(F)cc2)C(=O)O)CC1. The number of likely N-dealkylation sites (N-methyl/N-ethyl adjacent to an activating group) is 1. The lowest BCUT2D eigenvalue weighted by Gasteiger charge is -2.36. The molecule has 1 aromatic carbocycles. The van der Waals surface area contributed by atoms with E-state index in [1.54, 1.807) is 12.1 Å². The Bertz CT molecular complexity index is 428. The van der Waals surface area contributed by atoms with Gasteiger partial charge in [-0.05, 0) is 31.2 Å². The zero-order valence-corrected chi connectivity index (χ0v) is 11.1.